The van der Waals surface area contributed by atoms with Crippen molar-refractivity contribution < 1.29 is 9.59 Å². The van der Waals surface area contributed by atoms with Crippen molar-refractivity contribution in [1.82, 2.24) is 15.2 Å². The Kier molecular flexibility index (Phi) is 5.71. The second-order valence-corrected chi connectivity index (χ2v) is 7.85. The van der Waals surface area contributed by atoms with Crippen molar-refractivity contribution in [2.75, 3.05) is 20.1 Å². The predicted octanol–water partition coefficient (Wildman–Crippen LogP) is 3.53. The van der Waals surface area contributed by atoms with E-state index in [0.29, 0.717) is 37.5 Å². The van der Waals surface area contributed by atoms with Gasteiger partial charge in [-0.25, -0.2) is 4.98 Å². The van der Waals surface area contributed by atoms with Gasteiger partial charge in [0.25, 0.3) is 5.91 Å². The molecule has 2 aromatic rings. The molecule has 0 unspecified atom stereocenters. The molecule has 1 saturated heterocycles. The van der Waals surface area contributed by atoms with Crippen LogP contribution in [0.4, 0.5) is 0 Å². The van der Waals surface area contributed by atoms with E-state index in [2.05, 4.69) is 48.4 Å². The second kappa shape index (κ2) is 7.99. The van der Waals surface area contributed by atoms with Crippen molar-refractivity contribution in [2.24, 2.45) is 5.92 Å². The summed E-state index contributed by atoms with van der Waals surface area (Å²) in [6.07, 6.45) is 1.41. The van der Waals surface area contributed by atoms with E-state index in [1.165, 1.54) is 16.9 Å². The number of carbonyl (C=O) groups is 2. The van der Waals surface area contributed by atoms with Gasteiger partial charge in [0.15, 0.2) is 0 Å². The quantitative estimate of drug-likeness (QED) is 0.894. The molecule has 0 atom stereocenters. The summed E-state index contributed by atoms with van der Waals surface area (Å²) in [6, 6.07) is 8.37. The molecular weight excluding hydrogens is 346 g/mol. The Morgan fingerprint density at radius 3 is 2.42 bits per heavy atom. The minimum Gasteiger partial charge on any atom is -0.359 e. The Bertz CT molecular complexity index is 775. The molecule has 1 aliphatic rings. The van der Waals surface area contributed by atoms with E-state index in [0.717, 1.165) is 10.6 Å². The molecule has 0 saturated carbocycles. The van der Waals surface area contributed by atoms with Crippen LogP contribution in [0.15, 0.2) is 29.6 Å². The Hall–Kier alpha value is -2.21. The molecule has 3 rings (SSSR count). The highest BCUT2D eigenvalue weighted by Crippen LogP contribution is 2.27. The third-order valence-corrected chi connectivity index (χ3v) is 5.84. The van der Waals surface area contributed by atoms with E-state index in [-0.39, 0.29) is 17.7 Å². The molecule has 26 heavy (non-hydrogen) atoms. The second-order valence-electron chi connectivity index (χ2n) is 7.00. The lowest BCUT2D eigenvalue weighted by molar-refractivity contribution is -0.125. The van der Waals surface area contributed by atoms with Crippen LogP contribution in [0.5, 0.6) is 0 Å². The minimum atomic E-state index is -0.0401. The highest BCUT2D eigenvalue weighted by atomic mass is 32.1. The standard InChI is InChI=1S/C20H25N3O2S/c1-13(2)14-4-6-16(7-5-14)19-22-17(12-26-19)20(25)23-10-8-15(9-11-23)18(24)21-3/h4-7,12-13,15H,8-11H2,1-3H3,(H,21,24). The van der Waals surface area contributed by atoms with Crippen LogP contribution in [0.2, 0.25) is 0 Å². The normalized spacial score (nSPS) is 15.3. The van der Waals surface area contributed by atoms with Gasteiger partial charge in [0.2, 0.25) is 5.91 Å². The fourth-order valence-electron chi connectivity index (χ4n) is 3.23. The maximum atomic E-state index is 12.7. The Morgan fingerprint density at radius 1 is 1.19 bits per heavy atom. The van der Waals surface area contributed by atoms with Gasteiger partial charge in [0.1, 0.15) is 10.7 Å². The van der Waals surface area contributed by atoms with E-state index < -0.39 is 0 Å². The van der Waals surface area contributed by atoms with Crippen molar-refractivity contribution in [3.05, 3.63) is 40.9 Å². The zero-order valence-electron chi connectivity index (χ0n) is 15.5. The van der Waals surface area contributed by atoms with Crippen LogP contribution in [0.3, 0.4) is 0 Å². The van der Waals surface area contributed by atoms with Crippen LogP contribution in [0, 0.1) is 5.92 Å². The number of nitrogens with one attached hydrogen (secondary N) is 1. The van der Waals surface area contributed by atoms with Gasteiger partial charge in [-0.3, -0.25) is 9.59 Å². The van der Waals surface area contributed by atoms with Gasteiger partial charge in [-0.15, -0.1) is 11.3 Å². The number of piperidine rings is 1. The lowest BCUT2D eigenvalue weighted by Crippen LogP contribution is -2.42. The van der Waals surface area contributed by atoms with Crippen molar-refractivity contribution >= 4 is 23.2 Å². The van der Waals surface area contributed by atoms with E-state index in [1.807, 2.05) is 5.38 Å². The molecule has 0 aliphatic carbocycles. The Morgan fingerprint density at radius 2 is 1.85 bits per heavy atom. The number of hydrogen-bond donors (Lipinski definition) is 1. The number of hydrogen-bond acceptors (Lipinski definition) is 4. The summed E-state index contributed by atoms with van der Waals surface area (Å²) in [6.45, 7) is 5.55. The largest absolute Gasteiger partial charge is 0.359 e. The zero-order chi connectivity index (χ0) is 18.7. The lowest BCUT2D eigenvalue weighted by atomic mass is 9.96. The van der Waals surface area contributed by atoms with Gasteiger partial charge in [-0.05, 0) is 24.3 Å². The third kappa shape index (κ3) is 3.96. The number of thiazole rings is 1. The number of amides is 2. The molecule has 5 nitrogen and oxygen atoms in total. The monoisotopic (exact) mass is 371 g/mol. The summed E-state index contributed by atoms with van der Waals surface area (Å²) in [5.74, 6) is 0.532. The van der Waals surface area contributed by atoms with E-state index in [9.17, 15) is 9.59 Å². The number of benzene rings is 1. The van der Waals surface area contributed by atoms with Crippen molar-refractivity contribution in [1.29, 1.82) is 0 Å². The molecule has 2 amide bonds. The van der Waals surface area contributed by atoms with Gasteiger partial charge in [0, 0.05) is 37.0 Å². The molecule has 1 aromatic carbocycles. The molecule has 138 valence electrons. The summed E-state index contributed by atoms with van der Waals surface area (Å²) in [4.78, 5) is 30.8. The maximum absolute atomic E-state index is 12.7. The Balaban J connectivity index is 1.66. The van der Waals surface area contributed by atoms with Gasteiger partial charge < -0.3 is 10.2 Å². The van der Waals surface area contributed by atoms with Crippen molar-refractivity contribution in [2.45, 2.75) is 32.6 Å². The number of carbonyl (C=O) groups excluding carboxylic acids is 2. The van der Waals surface area contributed by atoms with Crippen LogP contribution < -0.4 is 5.32 Å². The van der Waals surface area contributed by atoms with Crippen molar-refractivity contribution in [3.63, 3.8) is 0 Å². The number of aromatic nitrogens is 1. The fourth-order valence-corrected chi connectivity index (χ4v) is 4.03. The van der Waals surface area contributed by atoms with Gasteiger partial charge in [-0.2, -0.15) is 0 Å². The molecule has 1 aliphatic heterocycles. The molecule has 0 radical (unpaired) electrons. The van der Waals surface area contributed by atoms with E-state index in [1.54, 1.807) is 11.9 Å². The first-order valence-corrected chi connectivity index (χ1v) is 9.94. The first kappa shape index (κ1) is 18.6. The number of likely N-dealkylation sites (tertiary alicyclic amines) is 1. The van der Waals surface area contributed by atoms with Crippen LogP contribution in [-0.4, -0.2) is 41.8 Å². The molecule has 1 aromatic heterocycles. The van der Waals surface area contributed by atoms with E-state index in [4.69, 9.17) is 0 Å². The molecule has 0 bridgehead atoms. The predicted molar refractivity (Wildman–Crippen MR) is 104 cm³/mol. The average Bonchev–Trinajstić information content (AvgIpc) is 3.17. The number of nitrogens with zero attached hydrogens (tertiary/aromatic N) is 2. The first-order chi connectivity index (χ1) is 12.5. The van der Waals surface area contributed by atoms with Gasteiger partial charge in [-0.1, -0.05) is 38.1 Å². The summed E-state index contributed by atoms with van der Waals surface area (Å²) >= 11 is 1.50. The third-order valence-electron chi connectivity index (χ3n) is 4.95. The minimum absolute atomic E-state index is 0.00881. The summed E-state index contributed by atoms with van der Waals surface area (Å²) in [7, 11) is 1.66. The summed E-state index contributed by atoms with van der Waals surface area (Å²) < 4.78 is 0. The van der Waals surface area contributed by atoms with Gasteiger partial charge >= 0.3 is 0 Å². The van der Waals surface area contributed by atoms with Gasteiger partial charge in [0.05, 0.1) is 0 Å². The first-order valence-electron chi connectivity index (χ1n) is 9.06. The lowest BCUT2D eigenvalue weighted by Gasteiger charge is -2.30. The molecule has 0 spiro atoms. The van der Waals surface area contributed by atoms with Crippen LogP contribution >= 0.6 is 11.3 Å². The summed E-state index contributed by atoms with van der Waals surface area (Å²) in [5, 5.41) is 5.39. The molecule has 1 N–H and O–H groups in total. The molecular formula is C20H25N3O2S. The van der Waals surface area contributed by atoms with Crippen LogP contribution in [0.1, 0.15) is 48.7 Å². The highest BCUT2D eigenvalue weighted by Gasteiger charge is 2.28. The van der Waals surface area contributed by atoms with Crippen LogP contribution in [0.25, 0.3) is 10.6 Å². The highest BCUT2D eigenvalue weighted by molar-refractivity contribution is 7.13. The molecule has 6 heteroatoms. The number of rotatable bonds is 4. The van der Waals surface area contributed by atoms with E-state index >= 15 is 0 Å². The topological polar surface area (TPSA) is 62.3 Å². The maximum Gasteiger partial charge on any atom is 0.273 e. The Labute approximate surface area is 158 Å². The summed E-state index contributed by atoms with van der Waals surface area (Å²) in [5.41, 5.74) is 2.83. The zero-order valence-corrected chi connectivity index (χ0v) is 16.3. The van der Waals surface area contributed by atoms with Crippen molar-refractivity contribution in [3.8, 4) is 10.6 Å². The molecule has 2 heterocycles. The fraction of sp³-hybridized carbons (Fsp3) is 0.450. The smallest absolute Gasteiger partial charge is 0.273 e. The van der Waals surface area contributed by atoms with Crippen LogP contribution in [-0.2, 0) is 4.79 Å². The molecule has 1 fully saturated rings. The average molecular weight is 372 g/mol. The SMILES string of the molecule is CNC(=O)C1CCN(C(=O)c2csc(-c3ccc(C(C)C)cc3)n2)CC1.